The summed E-state index contributed by atoms with van der Waals surface area (Å²) in [4.78, 5) is -0.878. The molecule has 2 rings (SSSR count). The molecule has 8 heteroatoms. The molecule has 0 spiro atoms. The van der Waals surface area contributed by atoms with Gasteiger partial charge < -0.3 is 5.11 Å². The zero-order valence-electron chi connectivity index (χ0n) is 11.4. The van der Waals surface area contributed by atoms with Gasteiger partial charge in [0.15, 0.2) is 17.5 Å². The van der Waals surface area contributed by atoms with Crippen molar-refractivity contribution < 1.29 is 26.7 Å². The summed E-state index contributed by atoms with van der Waals surface area (Å²) in [5.41, 5.74) is 0. The van der Waals surface area contributed by atoms with E-state index in [1.165, 1.54) is 0 Å². The summed E-state index contributed by atoms with van der Waals surface area (Å²) in [5.74, 6) is -4.95. The molecule has 21 heavy (non-hydrogen) atoms. The number of sulfonamides is 1. The minimum atomic E-state index is -4.28. The molecule has 0 bridgehead atoms. The van der Waals surface area contributed by atoms with Gasteiger partial charge in [-0.05, 0) is 31.4 Å². The molecule has 1 aliphatic heterocycles. The summed E-state index contributed by atoms with van der Waals surface area (Å²) in [7, 11) is -4.28. The number of aliphatic hydroxyl groups excluding tert-OH is 1. The molecule has 0 saturated carbocycles. The van der Waals surface area contributed by atoms with Crippen molar-refractivity contribution in [3.8, 4) is 0 Å². The highest BCUT2D eigenvalue weighted by molar-refractivity contribution is 7.89. The number of piperidine rings is 1. The Labute approximate surface area is 121 Å². The van der Waals surface area contributed by atoms with Gasteiger partial charge in [-0.25, -0.2) is 21.6 Å². The molecule has 1 saturated heterocycles. The number of halogens is 3. The second-order valence-electron chi connectivity index (χ2n) is 5.03. The Hall–Kier alpha value is -1.12. The molecule has 4 nitrogen and oxygen atoms in total. The first-order valence-electron chi connectivity index (χ1n) is 6.62. The molecule has 118 valence electrons. The van der Waals surface area contributed by atoms with Crippen LogP contribution in [0.1, 0.15) is 26.2 Å². The lowest BCUT2D eigenvalue weighted by atomic mass is 10.0. The first-order chi connectivity index (χ1) is 9.78. The van der Waals surface area contributed by atoms with E-state index in [2.05, 4.69) is 0 Å². The highest BCUT2D eigenvalue weighted by Crippen LogP contribution is 2.29. The number of aliphatic hydroxyl groups is 1. The second-order valence-corrected chi connectivity index (χ2v) is 6.89. The molecule has 0 aromatic heterocycles. The van der Waals surface area contributed by atoms with Crippen LogP contribution in [0.3, 0.4) is 0 Å². The lowest BCUT2D eigenvalue weighted by Crippen LogP contribution is -2.47. The van der Waals surface area contributed by atoms with Crippen molar-refractivity contribution in [3.63, 3.8) is 0 Å². The highest BCUT2D eigenvalue weighted by atomic mass is 32.2. The minimum absolute atomic E-state index is 0.0143. The van der Waals surface area contributed by atoms with E-state index in [9.17, 15) is 26.7 Å². The van der Waals surface area contributed by atoms with Crippen LogP contribution >= 0.6 is 0 Å². The van der Waals surface area contributed by atoms with Crippen LogP contribution in [0.5, 0.6) is 0 Å². The van der Waals surface area contributed by atoms with Crippen molar-refractivity contribution in [2.45, 2.75) is 43.2 Å². The van der Waals surface area contributed by atoms with E-state index < -0.39 is 44.5 Å². The van der Waals surface area contributed by atoms with E-state index in [1.807, 2.05) is 0 Å². The molecule has 1 aromatic rings. The van der Waals surface area contributed by atoms with Crippen molar-refractivity contribution in [2.75, 3.05) is 6.54 Å². The predicted molar refractivity (Wildman–Crippen MR) is 69.5 cm³/mol. The molecular weight excluding hydrogens is 307 g/mol. The lowest BCUT2D eigenvalue weighted by Gasteiger charge is -2.36. The van der Waals surface area contributed by atoms with Crippen LogP contribution in [0.2, 0.25) is 0 Å². The Kier molecular flexibility index (Phi) is 4.60. The van der Waals surface area contributed by atoms with Gasteiger partial charge in [0.1, 0.15) is 4.90 Å². The highest BCUT2D eigenvalue weighted by Gasteiger charge is 2.37. The van der Waals surface area contributed by atoms with Crippen molar-refractivity contribution in [1.29, 1.82) is 0 Å². The number of benzene rings is 1. The Morgan fingerprint density at radius 2 is 1.95 bits per heavy atom. The van der Waals surface area contributed by atoms with Crippen molar-refractivity contribution in [1.82, 2.24) is 4.31 Å². The van der Waals surface area contributed by atoms with Crippen LogP contribution in [0.4, 0.5) is 13.2 Å². The topological polar surface area (TPSA) is 57.6 Å². The number of hydrogen-bond donors (Lipinski definition) is 1. The average Bonchev–Trinajstić information content (AvgIpc) is 2.44. The normalized spacial score (nSPS) is 24.2. The number of nitrogens with zero attached hydrogens (tertiary/aromatic N) is 1. The van der Waals surface area contributed by atoms with Gasteiger partial charge in [0.25, 0.3) is 0 Å². The summed E-state index contributed by atoms with van der Waals surface area (Å²) < 4.78 is 65.9. The second kappa shape index (κ2) is 5.94. The van der Waals surface area contributed by atoms with Gasteiger partial charge >= 0.3 is 0 Å². The van der Waals surface area contributed by atoms with Gasteiger partial charge in [-0.2, -0.15) is 4.31 Å². The summed E-state index contributed by atoms with van der Waals surface area (Å²) in [6, 6.07) is 0.817. The quantitative estimate of drug-likeness (QED) is 0.866. The van der Waals surface area contributed by atoms with E-state index in [1.54, 1.807) is 6.92 Å². The Bertz CT molecular complexity index is 636. The third-order valence-corrected chi connectivity index (χ3v) is 5.66. The fourth-order valence-electron chi connectivity index (χ4n) is 2.53. The van der Waals surface area contributed by atoms with Gasteiger partial charge in [-0.15, -0.1) is 0 Å². The first-order valence-corrected chi connectivity index (χ1v) is 8.06. The van der Waals surface area contributed by atoms with E-state index in [4.69, 9.17) is 0 Å². The Morgan fingerprint density at radius 1 is 1.29 bits per heavy atom. The van der Waals surface area contributed by atoms with E-state index in [-0.39, 0.29) is 19.4 Å². The van der Waals surface area contributed by atoms with Crippen LogP contribution < -0.4 is 0 Å². The van der Waals surface area contributed by atoms with Gasteiger partial charge in [0, 0.05) is 12.6 Å². The van der Waals surface area contributed by atoms with Crippen molar-refractivity contribution in [2.24, 2.45) is 0 Å². The zero-order valence-corrected chi connectivity index (χ0v) is 12.2. The number of rotatable bonds is 3. The lowest BCUT2D eigenvalue weighted by molar-refractivity contribution is 0.0796. The molecule has 2 atom stereocenters. The maximum absolute atomic E-state index is 13.8. The minimum Gasteiger partial charge on any atom is -0.393 e. The fraction of sp³-hybridized carbons (Fsp3) is 0.538. The van der Waals surface area contributed by atoms with E-state index in [0.29, 0.717) is 12.5 Å². The predicted octanol–water partition coefficient (Wildman–Crippen LogP) is 2.03. The fourth-order valence-corrected chi connectivity index (χ4v) is 4.31. The van der Waals surface area contributed by atoms with Crippen LogP contribution in [-0.4, -0.2) is 36.5 Å². The smallest absolute Gasteiger partial charge is 0.246 e. The van der Waals surface area contributed by atoms with Crippen molar-refractivity contribution >= 4 is 10.0 Å². The molecule has 1 N–H and O–H groups in total. The summed E-state index contributed by atoms with van der Waals surface area (Å²) in [6.07, 6.45) is 0.278. The molecule has 0 amide bonds. The molecule has 1 aromatic carbocycles. The summed E-state index contributed by atoms with van der Waals surface area (Å²) >= 11 is 0. The van der Waals surface area contributed by atoms with Crippen LogP contribution in [0.15, 0.2) is 17.0 Å². The molecular formula is C13H16F3NO3S. The van der Waals surface area contributed by atoms with Gasteiger partial charge in [-0.3, -0.25) is 0 Å². The number of hydrogen-bond acceptors (Lipinski definition) is 3. The van der Waals surface area contributed by atoms with Gasteiger partial charge in [-0.1, -0.05) is 6.92 Å². The first kappa shape index (κ1) is 16.3. The molecule has 0 radical (unpaired) electrons. The van der Waals surface area contributed by atoms with E-state index in [0.717, 1.165) is 10.4 Å². The third-order valence-electron chi connectivity index (χ3n) is 3.69. The molecule has 1 fully saturated rings. The van der Waals surface area contributed by atoms with Crippen LogP contribution in [0.25, 0.3) is 0 Å². The maximum Gasteiger partial charge on any atom is 0.246 e. The molecule has 1 aliphatic rings. The SMILES string of the molecule is CC[C@H]1C[C@@H](O)CCN1S(=O)(=O)c1ccc(F)c(F)c1F. The van der Waals surface area contributed by atoms with Gasteiger partial charge in [0.2, 0.25) is 10.0 Å². The van der Waals surface area contributed by atoms with Crippen LogP contribution in [0, 0.1) is 17.5 Å². The molecule has 0 unspecified atom stereocenters. The Balaban J connectivity index is 2.44. The molecule has 1 heterocycles. The molecule has 0 aliphatic carbocycles. The third kappa shape index (κ3) is 2.93. The maximum atomic E-state index is 13.8. The zero-order chi connectivity index (χ0) is 15.8. The largest absolute Gasteiger partial charge is 0.393 e. The van der Waals surface area contributed by atoms with E-state index >= 15 is 0 Å². The Morgan fingerprint density at radius 3 is 2.57 bits per heavy atom. The summed E-state index contributed by atoms with van der Waals surface area (Å²) in [5, 5.41) is 9.59. The standard InChI is InChI=1S/C13H16F3NO3S/c1-2-8-7-9(18)5-6-17(8)21(19,20)11-4-3-10(14)12(15)13(11)16/h3-4,8-9,18H,2,5-7H2,1H3/t8-,9-/m0/s1. The monoisotopic (exact) mass is 323 g/mol. The summed E-state index contributed by atoms with van der Waals surface area (Å²) in [6.45, 7) is 1.76. The van der Waals surface area contributed by atoms with Crippen LogP contribution in [-0.2, 0) is 10.0 Å². The average molecular weight is 323 g/mol. The van der Waals surface area contributed by atoms with Crippen molar-refractivity contribution in [3.05, 3.63) is 29.6 Å². The van der Waals surface area contributed by atoms with Gasteiger partial charge in [0.05, 0.1) is 6.10 Å².